The number of anilines is 1. The Labute approximate surface area is 125 Å². The average molecular weight is 298 g/mol. The minimum Gasteiger partial charge on any atom is -0.383 e. The van der Waals surface area contributed by atoms with Crippen LogP contribution in [-0.4, -0.2) is 33.4 Å². The molecular weight excluding hydrogens is 274 g/mol. The second-order valence-corrected chi connectivity index (χ2v) is 5.56. The Hall–Kier alpha value is -1.20. The van der Waals surface area contributed by atoms with Gasteiger partial charge < -0.3 is 15.0 Å². The summed E-state index contributed by atoms with van der Waals surface area (Å²) in [4.78, 5) is 1.81. The molecule has 1 N–H and O–H groups in total. The van der Waals surface area contributed by atoms with Gasteiger partial charge in [-0.05, 0) is 43.4 Å². The third kappa shape index (κ3) is 4.64. The van der Waals surface area contributed by atoms with E-state index in [1.807, 2.05) is 11.8 Å². The van der Waals surface area contributed by atoms with Crippen molar-refractivity contribution in [1.29, 1.82) is 0 Å². The Morgan fingerprint density at radius 2 is 1.95 bits per heavy atom. The minimum absolute atomic E-state index is 0.116. The van der Waals surface area contributed by atoms with E-state index in [0.717, 1.165) is 6.54 Å². The van der Waals surface area contributed by atoms with Gasteiger partial charge in [0.2, 0.25) is 0 Å². The van der Waals surface area contributed by atoms with Crippen LogP contribution in [0.15, 0.2) is 12.1 Å². The Morgan fingerprint density at radius 1 is 1.29 bits per heavy atom. The third-order valence-corrected chi connectivity index (χ3v) is 3.76. The number of nitrogens with zero attached hydrogens (tertiary/aromatic N) is 1. The maximum absolute atomic E-state index is 14.3. The summed E-state index contributed by atoms with van der Waals surface area (Å²) >= 11 is 0. The van der Waals surface area contributed by atoms with Gasteiger partial charge in [0, 0.05) is 33.3 Å². The van der Waals surface area contributed by atoms with Gasteiger partial charge in [-0.2, -0.15) is 0 Å². The van der Waals surface area contributed by atoms with E-state index in [0.29, 0.717) is 37.7 Å². The van der Waals surface area contributed by atoms with Crippen molar-refractivity contribution < 1.29 is 13.5 Å². The van der Waals surface area contributed by atoms with Crippen LogP contribution in [0.1, 0.15) is 25.3 Å². The molecule has 1 fully saturated rings. The van der Waals surface area contributed by atoms with E-state index in [4.69, 9.17) is 4.74 Å². The number of halogens is 2. The van der Waals surface area contributed by atoms with Crippen molar-refractivity contribution in [3.05, 3.63) is 29.3 Å². The summed E-state index contributed by atoms with van der Waals surface area (Å²) in [7, 11) is 1.62. The Bertz CT molecular complexity index is 441. The summed E-state index contributed by atoms with van der Waals surface area (Å²) in [5.41, 5.74) is 0.734. The highest BCUT2D eigenvalue weighted by Crippen LogP contribution is 2.33. The monoisotopic (exact) mass is 298 g/mol. The Balaban J connectivity index is 2.04. The van der Waals surface area contributed by atoms with Gasteiger partial charge in [-0.1, -0.05) is 0 Å². The first-order chi connectivity index (χ1) is 10.2. The van der Waals surface area contributed by atoms with Crippen LogP contribution in [0, 0.1) is 17.6 Å². The fraction of sp³-hybridized carbons (Fsp3) is 0.625. The maximum Gasteiger partial charge on any atom is 0.149 e. The van der Waals surface area contributed by atoms with Gasteiger partial charge in [0.05, 0.1) is 6.61 Å². The molecule has 21 heavy (non-hydrogen) atoms. The quantitative estimate of drug-likeness (QED) is 0.709. The highest BCUT2D eigenvalue weighted by atomic mass is 19.1. The van der Waals surface area contributed by atoms with Gasteiger partial charge in [-0.25, -0.2) is 8.78 Å². The number of hydrogen-bond donors (Lipinski definition) is 1. The molecule has 0 amide bonds. The van der Waals surface area contributed by atoms with E-state index in [1.165, 1.54) is 25.0 Å². The van der Waals surface area contributed by atoms with Crippen molar-refractivity contribution in [2.24, 2.45) is 5.92 Å². The van der Waals surface area contributed by atoms with Gasteiger partial charge in [-0.3, -0.25) is 0 Å². The normalized spacial score (nSPS) is 14.5. The Kier molecular flexibility index (Phi) is 5.94. The standard InChI is InChI=1S/C16H24F2N2O/c1-3-20(11-12-4-5-12)16-14(17)8-13(9-15(16)18)10-19-6-7-21-2/h8-9,12,19H,3-7,10-11H2,1-2H3. The molecule has 5 heteroatoms. The van der Waals surface area contributed by atoms with Gasteiger partial charge in [-0.15, -0.1) is 0 Å². The van der Waals surface area contributed by atoms with E-state index >= 15 is 0 Å². The predicted molar refractivity (Wildman–Crippen MR) is 80.6 cm³/mol. The van der Waals surface area contributed by atoms with Crippen molar-refractivity contribution in [1.82, 2.24) is 5.32 Å². The van der Waals surface area contributed by atoms with Crippen LogP contribution in [0.4, 0.5) is 14.5 Å². The molecule has 0 heterocycles. The second-order valence-electron chi connectivity index (χ2n) is 5.56. The average Bonchev–Trinajstić information content (AvgIpc) is 3.26. The fourth-order valence-corrected chi connectivity index (χ4v) is 2.42. The van der Waals surface area contributed by atoms with E-state index in [2.05, 4.69) is 5.32 Å². The van der Waals surface area contributed by atoms with Crippen molar-refractivity contribution in [3.8, 4) is 0 Å². The number of ether oxygens (including phenoxy) is 1. The maximum atomic E-state index is 14.3. The van der Waals surface area contributed by atoms with E-state index in [9.17, 15) is 8.78 Å². The van der Waals surface area contributed by atoms with E-state index < -0.39 is 11.6 Å². The van der Waals surface area contributed by atoms with E-state index in [1.54, 1.807) is 7.11 Å². The zero-order chi connectivity index (χ0) is 15.2. The van der Waals surface area contributed by atoms with E-state index in [-0.39, 0.29) is 5.69 Å². The summed E-state index contributed by atoms with van der Waals surface area (Å²) in [6, 6.07) is 2.85. The number of rotatable bonds is 9. The molecule has 0 aromatic heterocycles. The molecule has 0 atom stereocenters. The lowest BCUT2D eigenvalue weighted by Gasteiger charge is -2.24. The molecule has 0 radical (unpaired) electrons. The molecule has 0 saturated heterocycles. The molecule has 1 aliphatic carbocycles. The van der Waals surface area contributed by atoms with Crippen LogP contribution in [0.2, 0.25) is 0 Å². The lowest BCUT2D eigenvalue weighted by atomic mass is 10.1. The van der Waals surface area contributed by atoms with Crippen molar-refractivity contribution in [2.75, 3.05) is 38.3 Å². The van der Waals surface area contributed by atoms with Crippen molar-refractivity contribution in [2.45, 2.75) is 26.3 Å². The topological polar surface area (TPSA) is 24.5 Å². The highest BCUT2D eigenvalue weighted by Gasteiger charge is 2.26. The van der Waals surface area contributed by atoms with Crippen LogP contribution in [0.25, 0.3) is 0 Å². The predicted octanol–water partition coefficient (Wildman–Crippen LogP) is 2.94. The molecule has 0 aliphatic heterocycles. The van der Waals surface area contributed by atoms with Gasteiger partial charge in [0.1, 0.15) is 17.3 Å². The summed E-state index contributed by atoms with van der Waals surface area (Å²) in [6.07, 6.45) is 2.34. The smallest absolute Gasteiger partial charge is 0.149 e. The van der Waals surface area contributed by atoms with Crippen LogP contribution >= 0.6 is 0 Å². The lowest BCUT2D eigenvalue weighted by molar-refractivity contribution is 0.199. The number of nitrogens with one attached hydrogen (secondary N) is 1. The SMILES string of the molecule is CCN(CC1CC1)c1c(F)cc(CNCCOC)cc1F. The van der Waals surface area contributed by atoms with Crippen molar-refractivity contribution in [3.63, 3.8) is 0 Å². The van der Waals surface area contributed by atoms with Crippen LogP contribution in [0.5, 0.6) is 0 Å². The number of benzene rings is 1. The summed E-state index contributed by atoms with van der Waals surface area (Å²) in [5, 5.41) is 3.09. The largest absolute Gasteiger partial charge is 0.383 e. The molecule has 0 bridgehead atoms. The summed E-state index contributed by atoms with van der Waals surface area (Å²) < 4.78 is 33.4. The minimum atomic E-state index is -0.471. The summed E-state index contributed by atoms with van der Waals surface area (Å²) in [6.45, 7) is 4.97. The second kappa shape index (κ2) is 7.71. The van der Waals surface area contributed by atoms with Crippen LogP contribution < -0.4 is 10.2 Å². The van der Waals surface area contributed by atoms with Gasteiger partial charge in [0.15, 0.2) is 0 Å². The third-order valence-electron chi connectivity index (χ3n) is 3.76. The molecule has 1 aromatic rings. The van der Waals surface area contributed by atoms with Crippen LogP contribution in [0.3, 0.4) is 0 Å². The molecule has 0 unspecified atom stereocenters. The number of hydrogen-bond acceptors (Lipinski definition) is 3. The Morgan fingerprint density at radius 3 is 2.48 bits per heavy atom. The molecule has 3 nitrogen and oxygen atoms in total. The lowest BCUT2D eigenvalue weighted by Crippen LogP contribution is -2.27. The first-order valence-electron chi connectivity index (χ1n) is 7.58. The molecule has 2 rings (SSSR count). The summed E-state index contributed by atoms with van der Waals surface area (Å²) in [5.74, 6) is -0.346. The van der Waals surface area contributed by atoms with Gasteiger partial charge >= 0.3 is 0 Å². The van der Waals surface area contributed by atoms with Crippen LogP contribution in [-0.2, 0) is 11.3 Å². The van der Waals surface area contributed by atoms with Crippen molar-refractivity contribution >= 4 is 5.69 Å². The number of methoxy groups -OCH3 is 1. The molecule has 118 valence electrons. The first kappa shape index (κ1) is 16.2. The zero-order valence-corrected chi connectivity index (χ0v) is 12.8. The first-order valence-corrected chi connectivity index (χ1v) is 7.58. The molecule has 0 spiro atoms. The molecular formula is C16H24F2N2O. The molecule has 1 saturated carbocycles. The molecule has 1 aliphatic rings. The van der Waals surface area contributed by atoms with Gasteiger partial charge in [0.25, 0.3) is 0 Å². The zero-order valence-electron chi connectivity index (χ0n) is 12.8. The molecule has 1 aromatic carbocycles. The fourth-order valence-electron chi connectivity index (χ4n) is 2.42. The highest BCUT2D eigenvalue weighted by molar-refractivity contribution is 5.51.